The second-order valence-electron chi connectivity index (χ2n) is 6.93. The van der Waals surface area contributed by atoms with E-state index < -0.39 is 15.8 Å². The molecule has 3 rings (SSSR count). The SMILES string of the molecule is O=C(CCC1CCCC1)N1CCN(S(=O)(=O)c2ccc(F)cc2)CC1. The Hall–Kier alpha value is -1.47. The van der Waals surface area contributed by atoms with E-state index >= 15 is 0 Å². The molecule has 0 aromatic heterocycles. The van der Waals surface area contributed by atoms with Crippen LogP contribution >= 0.6 is 0 Å². The van der Waals surface area contributed by atoms with Gasteiger partial charge in [0.15, 0.2) is 0 Å². The molecule has 1 aromatic rings. The van der Waals surface area contributed by atoms with E-state index in [0.717, 1.165) is 18.6 Å². The van der Waals surface area contributed by atoms with E-state index in [9.17, 15) is 17.6 Å². The van der Waals surface area contributed by atoms with Crippen molar-refractivity contribution in [2.75, 3.05) is 26.2 Å². The smallest absolute Gasteiger partial charge is 0.243 e. The minimum absolute atomic E-state index is 0.0925. The van der Waals surface area contributed by atoms with Gasteiger partial charge in [0.25, 0.3) is 0 Å². The number of benzene rings is 1. The molecule has 0 bridgehead atoms. The van der Waals surface area contributed by atoms with Crippen LogP contribution in [0.15, 0.2) is 29.2 Å². The highest BCUT2D eigenvalue weighted by Gasteiger charge is 2.30. The lowest BCUT2D eigenvalue weighted by Crippen LogP contribution is -2.50. The molecule has 2 aliphatic rings. The van der Waals surface area contributed by atoms with E-state index in [1.807, 2.05) is 0 Å². The van der Waals surface area contributed by atoms with E-state index in [1.54, 1.807) is 4.90 Å². The van der Waals surface area contributed by atoms with Crippen LogP contribution in [0.4, 0.5) is 4.39 Å². The molecule has 2 fully saturated rings. The fourth-order valence-corrected chi connectivity index (χ4v) is 5.14. The molecule has 138 valence electrons. The Morgan fingerprint density at radius 1 is 1.04 bits per heavy atom. The van der Waals surface area contributed by atoms with Gasteiger partial charge in [0.1, 0.15) is 5.82 Å². The van der Waals surface area contributed by atoms with Gasteiger partial charge in [-0.15, -0.1) is 0 Å². The van der Waals surface area contributed by atoms with Crippen LogP contribution in [0.3, 0.4) is 0 Å². The summed E-state index contributed by atoms with van der Waals surface area (Å²) in [6.07, 6.45) is 6.54. The molecule has 0 atom stereocenters. The van der Waals surface area contributed by atoms with Crippen molar-refractivity contribution in [1.82, 2.24) is 9.21 Å². The molecule has 1 aliphatic carbocycles. The molecule has 0 spiro atoms. The highest BCUT2D eigenvalue weighted by Crippen LogP contribution is 2.29. The molecule has 5 nitrogen and oxygen atoms in total. The fourth-order valence-electron chi connectivity index (χ4n) is 3.72. The topological polar surface area (TPSA) is 57.7 Å². The highest BCUT2D eigenvalue weighted by atomic mass is 32.2. The molecule has 1 saturated carbocycles. The van der Waals surface area contributed by atoms with E-state index in [0.29, 0.717) is 25.4 Å². The number of carbonyl (C=O) groups is 1. The van der Waals surface area contributed by atoms with Crippen molar-refractivity contribution in [3.63, 3.8) is 0 Å². The molecule has 1 aliphatic heterocycles. The van der Waals surface area contributed by atoms with Crippen LogP contribution < -0.4 is 0 Å². The molecule has 1 amide bonds. The number of halogens is 1. The average Bonchev–Trinajstić information content (AvgIpc) is 3.14. The first kappa shape index (κ1) is 18.3. The van der Waals surface area contributed by atoms with Crippen molar-refractivity contribution in [2.24, 2.45) is 5.92 Å². The van der Waals surface area contributed by atoms with Crippen LogP contribution in [0.1, 0.15) is 38.5 Å². The summed E-state index contributed by atoms with van der Waals surface area (Å²) in [5, 5.41) is 0. The molecule has 0 N–H and O–H groups in total. The van der Waals surface area contributed by atoms with Crippen LogP contribution in [-0.4, -0.2) is 49.7 Å². The third kappa shape index (κ3) is 4.39. The zero-order valence-electron chi connectivity index (χ0n) is 14.4. The molecular weight excluding hydrogens is 343 g/mol. The summed E-state index contributed by atoms with van der Waals surface area (Å²) in [6, 6.07) is 4.86. The van der Waals surface area contributed by atoms with Gasteiger partial charge in [-0.1, -0.05) is 25.7 Å². The largest absolute Gasteiger partial charge is 0.340 e. The van der Waals surface area contributed by atoms with E-state index in [-0.39, 0.29) is 23.9 Å². The van der Waals surface area contributed by atoms with E-state index in [4.69, 9.17) is 0 Å². The second kappa shape index (κ2) is 7.83. The average molecular weight is 368 g/mol. The van der Waals surface area contributed by atoms with Gasteiger partial charge in [-0.2, -0.15) is 4.31 Å². The van der Waals surface area contributed by atoms with E-state index in [1.165, 1.54) is 42.1 Å². The molecule has 0 unspecified atom stereocenters. The van der Waals surface area contributed by atoms with Crippen LogP contribution in [0.2, 0.25) is 0 Å². The third-order valence-corrected chi connectivity index (χ3v) is 7.20. The Labute approximate surface area is 148 Å². The van der Waals surface area contributed by atoms with E-state index in [2.05, 4.69) is 0 Å². The molecule has 25 heavy (non-hydrogen) atoms. The normalized spacial score (nSPS) is 20.1. The number of nitrogens with zero attached hydrogens (tertiary/aromatic N) is 2. The highest BCUT2D eigenvalue weighted by molar-refractivity contribution is 7.89. The Bertz CT molecular complexity index is 692. The standard InChI is InChI=1S/C18H25FN2O3S/c19-16-6-8-17(9-7-16)25(23,24)21-13-11-20(12-14-21)18(22)10-5-15-3-1-2-4-15/h6-9,15H,1-5,10-14H2. The van der Waals surface area contributed by atoms with Gasteiger partial charge in [-0.25, -0.2) is 12.8 Å². The molecule has 0 radical (unpaired) electrons. The summed E-state index contributed by atoms with van der Waals surface area (Å²) < 4.78 is 39.5. The van der Waals surface area contributed by atoms with Gasteiger partial charge < -0.3 is 4.90 Å². The van der Waals surface area contributed by atoms with Gasteiger partial charge in [-0.3, -0.25) is 4.79 Å². The van der Waals surface area contributed by atoms with Gasteiger partial charge >= 0.3 is 0 Å². The quantitative estimate of drug-likeness (QED) is 0.803. The Morgan fingerprint density at radius 2 is 1.64 bits per heavy atom. The number of amides is 1. The lowest BCUT2D eigenvalue weighted by Gasteiger charge is -2.34. The number of sulfonamides is 1. The van der Waals surface area contributed by atoms with Gasteiger partial charge in [0.2, 0.25) is 15.9 Å². The number of carbonyl (C=O) groups excluding carboxylic acids is 1. The van der Waals surface area contributed by atoms with Crippen molar-refractivity contribution in [3.8, 4) is 0 Å². The zero-order valence-corrected chi connectivity index (χ0v) is 15.2. The first-order valence-electron chi connectivity index (χ1n) is 9.00. The summed E-state index contributed by atoms with van der Waals surface area (Å²) in [4.78, 5) is 14.2. The van der Waals surface area contributed by atoms with Crippen molar-refractivity contribution < 1.29 is 17.6 Å². The van der Waals surface area contributed by atoms with Crippen LogP contribution in [0, 0.1) is 11.7 Å². The maximum absolute atomic E-state index is 13.0. The summed E-state index contributed by atoms with van der Waals surface area (Å²) in [7, 11) is -3.62. The van der Waals surface area contributed by atoms with Crippen molar-refractivity contribution >= 4 is 15.9 Å². The summed E-state index contributed by atoms with van der Waals surface area (Å²) in [5.74, 6) is 0.353. The molecule has 1 saturated heterocycles. The van der Waals surface area contributed by atoms with Crippen molar-refractivity contribution in [1.29, 1.82) is 0 Å². The first-order chi connectivity index (χ1) is 12.0. The van der Waals surface area contributed by atoms with Crippen LogP contribution in [-0.2, 0) is 14.8 Å². The fraction of sp³-hybridized carbons (Fsp3) is 0.611. The van der Waals surface area contributed by atoms with Gasteiger partial charge in [-0.05, 0) is 36.6 Å². The van der Waals surface area contributed by atoms with Crippen LogP contribution in [0.5, 0.6) is 0 Å². The number of rotatable bonds is 5. The van der Waals surface area contributed by atoms with Crippen molar-refractivity contribution in [2.45, 2.75) is 43.4 Å². The Balaban J connectivity index is 1.52. The number of hydrogen-bond acceptors (Lipinski definition) is 3. The Kier molecular flexibility index (Phi) is 5.74. The summed E-state index contributed by atoms with van der Waals surface area (Å²) >= 11 is 0. The minimum atomic E-state index is -3.62. The predicted octanol–water partition coefficient (Wildman–Crippen LogP) is 2.63. The first-order valence-corrected chi connectivity index (χ1v) is 10.4. The van der Waals surface area contributed by atoms with Crippen LogP contribution in [0.25, 0.3) is 0 Å². The van der Waals surface area contributed by atoms with Gasteiger partial charge in [0.05, 0.1) is 4.90 Å². The number of piperazine rings is 1. The number of hydrogen-bond donors (Lipinski definition) is 0. The summed E-state index contributed by atoms with van der Waals surface area (Å²) in [6.45, 7) is 1.41. The van der Waals surface area contributed by atoms with Gasteiger partial charge in [0, 0.05) is 32.6 Å². The molecule has 1 heterocycles. The third-order valence-electron chi connectivity index (χ3n) is 5.28. The summed E-state index contributed by atoms with van der Waals surface area (Å²) in [5.41, 5.74) is 0. The van der Waals surface area contributed by atoms with Crippen molar-refractivity contribution in [3.05, 3.63) is 30.1 Å². The Morgan fingerprint density at radius 3 is 2.24 bits per heavy atom. The lowest BCUT2D eigenvalue weighted by atomic mass is 10.0. The second-order valence-corrected chi connectivity index (χ2v) is 8.87. The molecule has 1 aromatic carbocycles. The molecular formula is C18H25FN2O3S. The monoisotopic (exact) mass is 368 g/mol. The predicted molar refractivity (Wildman–Crippen MR) is 92.9 cm³/mol. The molecule has 7 heteroatoms. The zero-order chi connectivity index (χ0) is 17.9. The minimum Gasteiger partial charge on any atom is -0.340 e. The maximum Gasteiger partial charge on any atom is 0.243 e. The maximum atomic E-state index is 13.0. The lowest BCUT2D eigenvalue weighted by molar-refractivity contribution is -0.132.